The summed E-state index contributed by atoms with van der Waals surface area (Å²) in [5.41, 5.74) is 6.85. The van der Waals surface area contributed by atoms with Crippen LogP contribution in [0.1, 0.15) is 5.56 Å². The van der Waals surface area contributed by atoms with Crippen LogP contribution in [0.15, 0.2) is 23.1 Å². The second-order valence-electron chi connectivity index (χ2n) is 3.84. The van der Waals surface area contributed by atoms with Crippen molar-refractivity contribution >= 4 is 57.3 Å². The Morgan fingerprint density at radius 3 is 2.89 bits per heavy atom. The number of nitrogens with one attached hydrogen (secondary N) is 1. The van der Waals surface area contributed by atoms with Gasteiger partial charge in [-0.25, -0.2) is 0 Å². The van der Waals surface area contributed by atoms with Crippen LogP contribution < -0.4 is 11.1 Å². The number of aromatic nitrogens is 1. The molecule has 0 aliphatic carbocycles. The highest BCUT2D eigenvalue weighted by Gasteiger charge is 2.10. The van der Waals surface area contributed by atoms with E-state index in [1.807, 2.05) is 18.4 Å². The van der Waals surface area contributed by atoms with Crippen LogP contribution in [0, 0.1) is 0 Å². The van der Waals surface area contributed by atoms with Gasteiger partial charge < -0.3 is 11.1 Å². The maximum absolute atomic E-state index is 6.13. The molecule has 102 valence electrons. The minimum Gasteiger partial charge on any atom is -0.382 e. The number of rotatable bonds is 5. The van der Waals surface area contributed by atoms with Gasteiger partial charge >= 0.3 is 0 Å². The summed E-state index contributed by atoms with van der Waals surface area (Å²) in [5.74, 6) is 0.588. The number of benzene rings is 1. The van der Waals surface area contributed by atoms with Crippen LogP contribution in [0.3, 0.4) is 0 Å². The summed E-state index contributed by atoms with van der Waals surface area (Å²) in [7, 11) is 0. The van der Waals surface area contributed by atoms with Crippen LogP contribution in [0.25, 0.3) is 0 Å². The number of hydrogen-bond acceptors (Lipinski definition) is 5. The number of thioether (sulfide) groups is 1. The van der Waals surface area contributed by atoms with Crippen molar-refractivity contribution in [2.75, 3.05) is 23.9 Å². The van der Waals surface area contributed by atoms with E-state index in [2.05, 4.69) is 9.69 Å². The highest BCUT2D eigenvalue weighted by atomic mass is 35.5. The molecule has 1 aromatic heterocycles. The van der Waals surface area contributed by atoms with E-state index in [4.69, 9.17) is 28.9 Å². The van der Waals surface area contributed by atoms with Gasteiger partial charge in [0.2, 0.25) is 0 Å². The quantitative estimate of drug-likeness (QED) is 0.796. The van der Waals surface area contributed by atoms with Crippen molar-refractivity contribution < 1.29 is 0 Å². The first-order valence-electron chi connectivity index (χ1n) is 5.58. The lowest BCUT2D eigenvalue weighted by molar-refractivity contribution is 1.02. The van der Waals surface area contributed by atoms with Gasteiger partial charge in [-0.05, 0) is 41.9 Å². The lowest BCUT2D eigenvalue weighted by atomic mass is 10.1. The average Bonchev–Trinajstić information content (AvgIpc) is 2.72. The zero-order valence-electron chi connectivity index (χ0n) is 10.2. The summed E-state index contributed by atoms with van der Waals surface area (Å²) in [4.78, 5) is 1.01. The Morgan fingerprint density at radius 1 is 1.42 bits per heavy atom. The molecule has 2 rings (SSSR count). The number of nitrogens with zero attached hydrogens (tertiary/aromatic N) is 1. The first-order chi connectivity index (χ1) is 9.11. The van der Waals surface area contributed by atoms with Gasteiger partial charge in [0.15, 0.2) is 5.82 Å². The van der Waals surface area contributed by atoms with Gasteiger partial charge in [-0.3, -0.25) is 0 Å². The van der Waals surface area contributed by atoms with Crippen LogP contribution >= 0.6 is 46.5 Å². The molecule has 0 aliphatic rings. The standard InChI is InChI=1S/C12H13Cl2N3S2/c1-18-10-11(15)17-19-12(10)16-5-4-7-2-3-8(13)6-9(7)14/h2-3,6,16H,4-5H2,1H3,(H2,15,17). The molecule has 0 atom stereocenters. The summed E-state index contributed by atoms with van der Waals surface area (Å²) in [5, 5.41) is 5.70. The van der Waals surface area contributed by atoms with Crippen molar-refractivity contribution in [1.29, 1.82) is 0 Å². The number of nitrogen functional groups attached to an aromatic ring is 1. The molecule has 7 heteroatoms. The lowest BCUT2D eigenvalue weighted by Gasteiger charge is -2.07. The third-order valence-corrected chi connectivity index (χ3v) is 4.93. The predicted molar refractivity (Wildman–Crippen MR) is 87.0 cm³/mol. The smallest absolute Gasteiger partial charge is 0.153 e. The Kier molecular flexibility index (Phi) is 5.21. The summed E-state index contributed by atoms with van der Waals surface area (Å²) < 4.78 is 4.13. The molecule has 0 saturated carbocycles. The zero-order chi connectivity index (χ0) is 13.8. The summed E-state index contributed by atoms with van der Waals surface area (Å²) >= 11 is 15.0. The van der Waals surface area contributed by atoms with Gasteiger partial charge in [0.1, 0.15) is 5.00 Å². The van der Waals surface area contributed by atoms with Crippen LogP contribution in [-0.4, -0.2) is 17.2 Å². The van der Waals surface area contributed by atoms with E-state index in [9.17, 15) is 0 Å². The minimum absolute atomic E-state index is 0.588. The molecule has 2 aromatic rings. The Bertz CT molecular complexity index is 572. The van der Waals surface area contributed by atoms with E-state index >= 15 is 0 Å². The Hall–Kier alpha value is -0.620. The van der Waals surface area contributed by atoms with Crippen LogP contribution in [0.2, 0.25) is 10.0 Å². The van der Waals surface area contributed by atoms with E-state index in [1.165, 1.54) is 11.5 Å². The van der Waals surface area contributed by atoms with Crippen LogP contribution in [0.4, 0.5) is 10.8 Å². The van der Waals surface area contributed by atoms with Gasteiger partial charge in [0.25, 0.3) is 0 Å². The van der Waals surface area contributed by atoms with Crippen molar-refractivity contribution in [3.8, 4) is 0 Å². The Balaban J connectivity index is 1.96. The first-order valence-corrected chi connectivity index (χ1v) is 8.34. The van der Waals surface area contributed by atoms with E-state index < -0.39 is 0 Å². The number of anilines is 2. The number of nitrogens with two attached hydrogens (primary N) is 1. The summed E-state index contributed by atoms with van der Waals surface area (Å²) in [6, 6.07) is 5.56. The molecule has 0 aliphatic heterocycles. The second kappa shape index (κ2) is 6.70. The molecule has 0 saturated heterocycles. The molecule has 0 fully saturated rings. The normalized spacial score (nSPS) is 10.7. The molecular weight excluding hydrogens is 321 g/mol. The fraction of sp³-hybridized carbons (Fsp3) is 0.250. The van der Waals surface area contributed by atoms with Crippen molar-refractivity contribution in [3.05, 3.63) is 33.8 Å². The van der Waals surface area contributed by atoms with Gasteiger partial charge in [-0.2, -0.15) is 4.37 Å². The first kappa shape index (κ1) is 14.8. The Labute approximate surface area is 130 Å². The average molecular weight is 334 g/mol. The maximum Gasteiger partial charge on any atom is 0.153 e. The third kappa shape index (κ3) is 3.69. The zero-order valence-corrected chi connectivity index (χ0v) is 13.4. The molecule has 1 heterocycles. The number of hydrogen-bond donors (Lipinski definition) is 2. The third-order valence-electron chi connectivity index (χ3n) is 2.57. The Morgan fingerprint density at radius 2 is 2.21 bits per heavy atom. The van der Waals surface area contributed by atoms with E-state index in [0.717, 1.165) is 28.4 Å². The van der Waals surface area contributed by atoms with E-state index in [0.29, 0.717) is 15.9 Å². The predicted octanol–water partition coefficient (Wildman–Crippen LogP) is 4.41. The van der Waals surface area contributed by atoms with Crippen molar-refractivity contribution in [1.82, 2.24) is 4.37 Å². The van der Waals surface area contributed by atoms with Crippen molar-refractivity contribution in [2.24, 2.45) is 0 Å². The SMILES string of the molecule is CSc1c(N)nsc1NCCc1ccc(Cl)cc1Cl. The molecule has 0 amide bonds. The topological polar surface area (TPSA) is 50.9 Å². The molecule has 19 heavy (non-hydrogen) atoms. The molecule has 0 spiro atoms. The summed E-state index contributed by atoms with van der Waals surface area (Å²) in [6.45, 7) is 0.774. The lowest BCUT2D eigenvalue weighted by Crippen LogP contribution is -2.04. The molecule has 0 unspecified atom stereocenters. The van der Waals surface area contributed by atoms with E-state index in [-0.39, 0.29) is 0 Å². The van der Waals surface area contributed by atoms with E-state index in [1.54, 1.807) is 17.8 Å². The number of halogens is 2. The summed E-state index contributed by atoms with van der Waals surface area (Å²) in [6.07, 6.45) is 2.81. The minimum atomic E-state index is 0.588. The van der Waals surface area contributed by atoms with Crippen molar-refractivity contribution in [2.45, 2.75) is 11.3 Å². The molecule has 3 N–H and O–H groups in total. The fourth-order valence-electron chi connectivity index (χ4n) is 1.64. The largest absolute Gasteiger partial charge is 0.382 e. The fourth-order valence-corrected chi connectivity index (χ4v) is 3.71. The second-order valence-corrected chi connectivity index (χ2v) is 6.28. The van der Waals surface area contributed by atoms with Crippen molar-refractivity contribution in [3.63, 3.8) is 0 Å². The molecule has 1 aromatic carbocycles. The van der Waals surface area contributed by atoms with Gasteiger partial charge in [0.05, 0.1) is 4.90 Å². The highest BCUT2D eigenvalue weighted by Crippen LogP contribution is 2.34. The van der Waals surface area contributed by atoms with Gasteiger partial charge in [-0.1, -0.05) is 29.3 Å². The monoisotopic (exact) mass is 333 g/mol. The van der Waals surface area contributed by atoms with Crippen LogP contribution in [0.5, 0.6) is 0 Å². The van der Waals surface area contributed by atoms with Crippen LogP contribution in [-0.2, 0) is 6.42 Å². The molecular formula is C12H13Cl2N3S2. The van der Waals surface area contributed by atoms with Gasteiger partial charge in [0, 0.05) is 16.6 Å². The molecule has 0 bridgehead atoms. The molecule has 3 nitrogen and oxygen atoms in total. The highest BCUT2D eigenvalue weighted by molar-refractivity contribution is 7.99. The molecule has 0 radical (unpaired) electrons. The maximum atomic E-state index is 6.13. The van der Waals surface area contributed by atoms with Gasteiger partial charge in [-0.15, -0.1) is 11.8 Å².